The van der Waals surface area contributed by atoms with E-state index in [4.69, 9.17) is 4.42 Å². The number of benzene rings is 3. The minimum atomic E-state index is -0.219. The number of hydrogen-bond acceptors (Lipinski definition) is 4. The van der Waals surface area contributed by atoms with Gasteiger partial charge in [-0.2, -0.15) is 0 Å². The van der Waals surface area contributed by atoms with Crippen molar-refractivity contribution in [3.63, 3.8) is 0 Å². The summed E-state index contributed by atoms with van der Waals surface area (Å²) in [6, 6.07) is 17.9. The first-order chi connectivity index (χ1) is 13.0. The van der Waals surface area contributed by atoms with Gasteiger partial charge in [0.15, 0.2) is 5.58 Å². The molecule has 0 aliphatic carbocycles. The Bertz CT molecular complexity index is 1160. The van der Waals surface area contributed by atoms with Crippen LogP contribution >= 0.6 is 0 Å². The van der Waals surface area contributed by atoms with E-state index >= 15 is 0 Å². The molecule has 0 atom stereocenters. The van der Waals surface area contributed by atoms with Crippen LogP contribution in [0, 0.1) is 13.8 Å². The van der Waals surface area contributed by atoms with Gasteiger partial charge in [-0.3, -0.25) is 4.79 Å². The molecule has 2 N–H and O–H groups in total. The lowest BCUT2D eigenvalue weighted by Gasteiger charge is -2.08. The zero-order valence-corrected chi connectivity index (χ0v) is 15.0. The van der Waals surface area contributed by atoms with E-state index in [9.17, 15) is 9.90 Å². The second-order valence-corrected chi connectivity index (χ2v) is 6.55. The van der Waals surface area contributed by atoms with Crippen LogP contribution in [0.4, 0.5) is 5.69 Å². The average molecular weight is 358 g/mol. The molecule has 5 heteroatoms. The Morgan fingerprint density at radius 3 is 2.63 bits per heavy atom. The number of rotatable bonds is 3. The maximum absolute atomic E-state index is 12.5. The molecule has 4 rings (SSSR count). The molecule has 3 aromatic carbocycles. The molecule has 4 aromatic rings. The number of aromatic hydroxyl groups is 1. The van der Waals surface area contributed by atoms with Crippen molar-refractivity contribution in [2.24, 2.45) is 0 Å². The highest BCUT2D eigenvalue weighted by molar-refractivity contribution is 6.04. The molecule has 1 aromatic heterocycles. The normalized spacial score (nSPS) is 10.9. The van der Waals surface area contributed by atoms with E-state index in [0.29, 0.717) is 28.3 Å². The highest BCUT2D eigenvalue weighted by Gasteiger charge is 2.14. The Balaban J connectivity index is 1.67. The first kappa shape index (κ1) is 16.8. The summed E-state index contributed by atoms with van der Waals surface area (Å²) in [5.74, 6) is 0.120. The predicted octanol–water partition coefficient (Wildman–Crippen LogP) is 5.07. The number of phenols is 1. The first-order valence-corrected chi connectivity index (χ1v) is 8.58. The lowest BCUT2D eigenvalue weighted by molar-refractivity contribution is 0.102. The number of aryl methyl sites for hydroxylation is 2. The van der Waals surface area contributed by atoms with Crippen LogP contribution in [0.25, 0.3) is 22.6 Å². The molecule has 5 nitrogen and oxygen atoms in total. The first-order valence-electron chi connectivity index (χ1n) is 8.58. The van der Waals surface area contributed by atoms with Crippen LogP contribution in [-0.4, -0.2) is 16.0 Å². The van der Waals surface area contributed by atoms with Gasteiger partial charge in [-0.1, -0.05) is 23.8 Å². The number of hydrogen-bond donors (Lipinski definition) is 2. The van der Waals surface area contributed by atoms with Crippen LogP contribution < -0.4 is 5.32 Å². The number of nitrogens with one attached hydrogen (secondary N) is 1. The van der Waals surface area contributed by atoms with Crippen LogP contribution in [0.2, 0.25) is 0 Å². The van der Waals surface area contributed by atoms with E-state index in [1.807, 2.05) is 50.2 Å². The van der Waals surface area contributed by atoms with Crippen molar-refractivity contribution >= 4 is 22.7 Å². The molecule has 0 bridgehead atoms. The summed E-state index contributed by atoms with van der Waals surface area (Å²) in [7, 11) is 0. The highest BCUT2D eigenvalue weighted by atomic mass is 16.3. The molecule has 1 heterocycles. The molecule has 27 heavy (non-hydrogen) atoms. The van der Waals surface area contributed by atoms with E-state index in [1.165, 1.54) is 6.07 Å². The van der Waals surface area contributed by atoms with Crippen LogP contribution in [0.3, 0.4) is 0 Å². The number of amides is 1. The minimum absolute atomic E-state index is 0.0341. The van der Waals surface area contributed by atoms with Gasteiger partial charge < -0.3 is 14.8 Å². The minimum Gasteiger partial charge on any atom is -0.507 e. The number of aromatic nitrogens is 1. The van der Waals surface area contributed by atoms with Gasteiger partial charge in [0.25, 0.3) is 5.91 Å². The summed E-state index contributed by atoms with van der Waals surface area (Å²) in [6.07, 6.45) is 0. The van der Waals surface area contributed by atoms with Crippen molar-refractivity contribution in [2.75, 3.05) is 5.32 Å². The Hall–Kier alpha value is -3.60. The number of oxazole rings is 1. The summed E-state index contributed by atoms with van der Waals surface area (Å²) in [5, 5.41) is 13.1. The smallest absolute Gasteiger partial charge is 0.255 e. The maximum Gasteiger partial charge on any atom is 0.255 e. The predicted molar refractivity (Wildman–Crippen MR) is 105 cm³/mol. The fraction of sp³-hybridized carbons (Fsp3) is 0.0909. The fourth-order valence-electron chi connectivity index (χ4n) is 2.93. The van der Waals surface area contributed by atoms with Gasteiger partial charge in [0.05, 0.1) is 5.56 Å². The number of nitrogens with zero attached hydrogens (tertiary/aromatic N) is 1. The van der Waals surface area contributed by atoms with Crippen LogP contribution in [0.5, 0.6) is 5.75 Å². The maximum atomic E-state index is 12.5. The standard InChI is InChI=1S/C22H18N2O3/c1-13-4-3-5-15(10-13)21(26)23-16-7-8-19(25)17(12-16)22-24-18-11-14(2)6-9-20(18)27-22/h3-12,25H,1-2H3,(H,23,26). The number of fused-ring (bicyclic) bond motifs is 1. The molecule has 0 spiro atoms. The van der Waals surface area contributed by atoms with Crippen LogP contribution in [0.1, 0.15) is 21.5 Å². The third-order valence-corrected chi connectivity index (χ3v) is 4.31. The van der Waals surface area contributed by atoms with Gasteiger partial charge >= 0.3 is 0 Å². The number of anilines is 1. The van der Waals surface area contributed by atoms with Crippen molar-refractivity contribution < 1.29 is 14.3 Å². The van der Waals surface area contributed by atoms with Gasteiger partial charge in [0.2, 0.25) is 5.89 Å². The summed E-state index contributed by atoms with van der Waals surface area (Å²) in [5.41, 5.74) is 4.99. The molecule has 1 amide bonds. The van der Waals surface area contributed by atoms with Gasteiger partial charge in [-0.25, -0.2) is 4.98 Å². The van der Waals surface area contributed by atoms with E-state index in [0.717, 1.165) is 16.6 Å². The molecule has 134 valence electrons. The lowest BCUT2D eigenvalue weighted by atomic mass is 10.1. The van der Waals surface area contributed by atoms with Crippen LogP contribution in [0.15, 0.2) is 65.1 Å². The topological polar surface area (TPSA) is 75.4 Å². The summed E-state index contributed by atoms with van der Waals surface area (Å²) >= 11 is 0. The quantitative estimate of drug-likeness (QED) is 0.501. The monoisotopic (exact) mass is 358 g/mol. The zero-order valence-electron chi connectivity index (χ0n) is 15.0. The average Bonchev–Trinajstić information content (AvgIpc) is 3.06. The number of carbonyl (C=O) groups excluding carboxylic acids is 1. The van der Waals surface area contributed by atoms with Gasteiger partial charge in [0.1, 0.15) is 11.3 Å². The highest BCUT2D eigenvalue weighted by Crippen LogP contribution is 2.33. The fourth-order valence-corrected chi connectivity index (χ4v) is 2.93. The molecular formula is C22H18N2O3. The lowest BCUT2D eigenvalue weighted by Crippen LogP contribution is -2.11. The van der Waals surface area contributed by atoms with Crippen molar-refractivity contribution in [3.8, 4) is 17.2 Å². The van der Waals surface area contributed by atoms with E-state index < -0.39 is 0 Å². The second kappa shape index (κ2) is 6.61. The molecule has 0 unspecified atom stereocenters. The number of phenolic OH excluding ortho intramolecular Hbond substituents is 1. The number of carbonyl (C=O) groups is 1. The van der Waals surface area contributed by atoms with Crippen LogP contribution in [-0.2, 0) is 0 Å². The molecule has 0 radical (unpaired) electrons. The SMILES string of the molecule is Cc1cccc(C(=O)Nc2ccc(O)c(-c3nc4cc(C)ccc4o3)c2)c1. The Kier molecular flexibility index (Phi) is 4.12. The van der Waals surface area contributed by atoms with Crippen molar-refractivity contribution in [3.05, 3.63) is 77.4 Å². The van der Waals surface area contributed by atoms with Gasteiger partial charge in [0, 0.05) is 11.3 Å². The van der Waals surface area contributed by atoms with E-state index in [1.54, 1.807) is 18.2 Å². The van der Waals surface area contributed by atoms with Gasteiger partial charge in [-0.15, -0.1) is 0 Å². The summed E-state index contributed by atoms with van der Waals surface area (Å²) < 4.78 is 5.77. The van der Waals surface area contributed by atoms with E-state index in [-0.39, 0.29) is 11.7 Å². The summed E-state index contributed by atoms with van der Waals surface area (Å²) in [4.78, 5) is 16.9. The molecule has 0 aliphatic rings. The zero-order chi connectivity index (χ0) is 19.0. The Morgan fingerprint density at radius 1 is 1.00 bits per heavy atom. The largest absolute Gasteiger partial charge is 0.507 e. The van der Waals surface area contributed by atoms with Crippen molar-refractivity contribution in [1.82, 2.24) is 4.98 Å². The Morgan fingerprint density at radius 2 is 1.81 bits per heavy atom. The molecular weight excluding hydrogens is 340 g/mol. The second-order valence-electron chi connectivity index (χ2n) is 6.55. The third kappa shape index (κ3) is 3.40. The molecule has 0 aliphatic heterocycles. The molecule has 0 fully saturated rings. The molecule has 0 saturated carbocycles. The summed E-state index contributed by atoms with van der Waals surface area (Å²) in [6.45, 7) is 3.91. The Labute approximate surface area is 156 Å². The third-order valence-electron chi connectivity index (χ3n) is 4.31. The van der Waals surface area contributed by atoms with Crippen molar-refractivity contribution in [1.29, 1.82) is 0 Å². The van der Waals surface area contributed by atoms with Crippen molar-refractivity contribution in [2.45, 2.75) is 13.8 Å². The van der Waals surface area contributed by atoms with E-state index in [2.05, 4.69) is 10.3 Å². The van der Waals surface area contributed by atoms with Gasteiger partial charge in [-0.05, 0) is 61.9 Å². The molecule has 0 saturated heterocycles.